The molecule has 0 spiro atoms. The van der Waals surface area contributed by atoms with Gasteiger partial charge in [-0.25, -0.2) is 8.42 Å². The van der Waals surface area contributed by atoms with Gasteiger partial charge in [0.25, 0.3) is 0 Å². The number of hydrogen-bond acceptors (Lipinski definition) is 4. The molecule has 0 bridgehead atoms. The molecule has 4 nitrogen and oxygen atoms in total. The van der Waals surface area contributed by atoms with Crippen molar-refractivity contribution in [1.82, 2.24) is 0 Å². The summed E-state index contributed by atoms with van der Waals surface area (Å²) in [5, 5.41) is 18.4. The molecule has 17 heavy (non-hydrogen) atoms. The van der Waals surface area contributed by atoms with Gasteiger partial charge in [0.05, 0.1) is 17.1 Å². The third-order valence-corrected chi connectivity index (χ3v) is 6.32. The fraction of sp³-hybridized carbons (Fsp3) is 0.364. The highest BCUT2D eigenvalue weighted by atomic mass is 79.9. The number of halogens is 1. The van der Waals surface area contributed by atoms with Crippen LogP contribution in [0.2, 0.25) is 0 Å². The molecule has 0 saturated heterocycles. The van der Waals surface area contributed by atoms with Crippen molar-refractivity contribution in [1.29, 1.82) is 5.26 Å². The molecule has 1 saturated carbocycles. The first-order valence-electron chi connectivity index (χ1n) is 5.01. The van der Waals surface area contributed by atoms with Crippen LogP contribution in [-0.2, 0) is 9.84 Å². The molecule has 0 aromatic heterocycles. The van der Waals surface area contributed by atoms with Gasteiger partial charge < -0.3 is 5.11 Å². The summed E-state index contributed by atoms with van der Waals surface area (Å²) in [6.07, 6.45) is -0.743. The van der Waals surface area contributed by atoms with E-state index in [1.165, 1.54) is 6.07 Å². The first-order valence-corrected chi connectivity index (χ1v) is 7.29. The number of aliphatic hydroxyl groups excluding tert-OH is 1. The highest BCUT2D eigenvalue weighted by molar-refractivity contribution is 9.10. The zero-order chi connectivity index (χ0) is 12.7. The number of rotatable bonds is 2. The summed E-state index contributed by atoms with van der Waals surface area (Å²) in [5.41, 5.74) is 0. The van der Waals surface area contributed by atoms with Crippen LogP contribution < -0.4 is 0 Å². The molecule has 0 unspecified atom stereocenters. The van der Waals surface area contributed by atoms with Gasteiger partial charge in [-0.1, -0.05) is 12.1 Å². The number of benzene rings is 1. The maximum atomic E-state index is 12.4. The van der Waals surface area contributed by atoms with E-state index in [1.807, 2.05) is 6.07 Å². The topological polar surface area (TPSA) is 78.2 Å². The van der Waals surface area contributed by atoms with Crippen molar-refractivity contribution in [2.24, 2.45) is 0 Å². The summed E-state index contributed by atoms with van der Waals surface area (Å²) in [4.78, 5) is 0.105. The lowest BCUT2D eigenvalue weighted by molar-refractivity contribution is 0.0764. The van der Waals surface area contributed by atoms with Gasteiger partial charge in [0.2, 0.25) is 0 Å². The van der Waals surface area contributed by atoms with Crippen LogP contribution in [0.15, 0.2) is 33.6 Å². The highest BCUT2D eigenvalue weighted by Crippen LogP contribution is 2.43. The van der Waals surface area contributed by atoms with E-state index < -0.39 is 20.7 Å². The summed E-state index contributed by atoms with van der Waals surface area (Å²) in [5.74, 6) is 0. The molecule has 6 heteroatoms. The lowest BCUT2D eigenvalue weighted by atomic mass is 9.82. The summed E-state index contributed by atoms with van der Waals surface area (Å²) < 4.78 is 23.7. The van der Waals surface area contributed by atoms with E-state index >= 15 is 0 Å². The van der Waals surface area contributed by atoms with E-state index in [0.29, 0.717) is 4.47 Å². The second kappa shape index (κ2) is 4.09. The fourth-order valence-corrected chi connectivity index (χ4v) is 4.82. The lowest BCUT2D eigenvalue weighted by Gasteiger charge is -2.38. The van der Waals surface area contributed by atoms with E-state index in [-0.39, 0.29) is 17.7 Å². The van der Waals surface area contributed by atoms with E-state index in [0.717, 1.165) is 0 Å². The van der Waals surface area contributed by atoms with E-state index in [4.69, 9.17) is 5.26 Å². The molecule has 1 aromatic carbocycles. The van der Waals surface area contributed by atoms with Gasteiger partial charge in [-0.2, -0.15) is 5.26 Å². The van der Waals surface area contributed by atoms with Crippen molar-refractivity contribution in [3.8, 4) is 6.07 Å². The number of hydrogen-bond donors (Lipinski definition) is 1. The molecular formula is C11H10BrNO3S. The van der Waals surface area contributed by atoms with Crippen LogP contribution in [0.25, 0.3) is 0 Å². The minimum absolute atomic E-state index is 0.0207. The maximum absolute atomic E-state index is 12.4. The zero-order valence-corrected chi connectivity index (χ0v) is 11.2. The van der Waals surface area contributed by atoms with Crippen LogP contribution in [0.1, 0.15) is 12.8 Å². The smallest absolute Gasteiger partial charge is 0.198 e. The molecule has 1 fully saturated rings. The molecule has 0 amide bonds. The molecule has 0 aliphatic heterocycles. The molecule has 0 heterocycles. The molecule has 1 aliphatic carbocycles. The van der Waals surface area contributed by atoms with E-state index in [2.05, 4.69) is 15.9 Å². The molecular weight excluding hydrogens is 306 g/mol. The minimum Gasteiger partial charge on any atom is -0.393 e. The Bertz CT molecular complexity index is 585. The van der Waals surface area contributed by atoms with Crippen molar-refractivity contribution < 1.29 is 13.5 Å². The predicted octanol–water partition coefficient (Wildman–Crippen LogP) is 1.64. The Morgan fingerprint density at radius 3 is 2.47 bits per heavy atom. The molecule has 1 aromatic rings. The van der Waals surface area contributed by atoms with Gasteiger partial charge >= 0.3 is 0 Å². The Hall–Kier alpha value is -0.900. The van der Waals surface area contributed by atoms with E-state index in [1.54, 1.807) is 18.2 Å². The Morgan fingerprint density at radius 2 is 2.00 bits per heavy atom. The van der Waals surface area contributed by atoms with Crippen LogP contribution >= 0.6 is 15.9 Å². The average Bonchev–Trinajstić information content (AvgIpc) is 2.24. The molecule has 0 atom stereocenters. The van der Waals surface area contributed by atoms with Crippen molar-refractivity contribution in [3.63, 3.8) is 0 Å². The van der Waals surface area contributed by atoms with Gasteiger partial charge in [0.1, 0.15) is 0 Å². The summed E-state index contributed by atoms with van der Waals surface area (Å²) in [7, 11) is -3.75. The van der Waals surface area contributed by atoms with E-state index in [9.17, 15) is 13.5 Å². The SMILES string of the molecule is N#CC1(S(=O)(=O)c2ccccc2Br)CC(O)C1. The minimum atomic E-state index is -3.75. The quantitative estimate of drug-likeness (QED) is 0.900. The van der Waals surface area contributed by atoms with Crippen LogP contribution in [0.5, 0.6) is 0 Å². The number of nitriles is 1. The molecule has 0 radical (unpaired) electrons. The normalized spacial score (nSPS) is 28.2. The van der Waals surface area contributed by atoms with Crippen molar-refractivity contribution in [3.05, 3.63) is 28.7 Å². The van der Waals surface area contributed by atoms with Crippen LogP contribution in [-0.4, -0.2) is 24.4 Å². The number of sulfone groups is 1. The first kappa shape index (κ1) is 12.6. The molecule has 1 aliphatic rings. The average molecular weight is 316 g/mol. The zero-order valence-electron chi connectivity index (χ0n) is 8.80. The first-order chi connectivity index (χ1) is 7.93. The van der Waals surface area contributed by atoms with Crippen molar-refractivity contribution >= 4 is 25.8 Å². The van der Waals surface area contributed by atoms with Crippen molar-refractivity contribution in [2.75, 3.05) is 0 Å². The third kappa shape index (κ3) is 1.79. The fourth-order valence-electron chi connectivity index (χ4n) is 1.95. The Kier molecular flexibility index (Phi) is 3.02. The van der Waals surface area contributed by atoms with Gasteiger partial charge in [0, 0.05) is 17.3 Å². The second-order valence-electron chi connectivity index (χ2n) is 4.10. The van der Waals surface area contributed by atoms with Gasteiger partial charge in [-0.05, 0) is 28.1 Å². The van der Waals surface area contributed by atoms with Crippen LogP contribution in [0.4, 0.5) is 0 Å². The predicted molar refractivity (Wildman–Crippen MR) is 64.9 cm³/mol. The summed E-state index contributed by atoms with van der Waals surface area (Å²) in [6, 6.07) is 8.24. The highest BCUT2D eigenvalue weighted by Gasteiger charge is 2.55. The Morgan fingerprint density at radius 1 is 1.41 bits per heavy atom. The Labute approximate surface area is 108 Å². The number of aliphatic hydroxyl groups is 1. The lowest BCUT2D eigenvalue weighted by Crippen LogP contribution is -2.52. The summed E-state index contributed by atoms with van der Waals surface area (Å²) in [6.45, 7) is 0. The molecule has 90 valence electrons. The monoisotopic (exact) mass is 315 g/mol. The molecule has 1 N–H and O–H groups in total. The Balaban J connectivity index is 2.52. The van der Waals surface area contributed by atoms with Crippen molar-refractivity contribution in [2.45, 2.75) is 28.6 Å². The van der Waals surface area contributed by atoms with Crippen LogP contribution in [0.3, 0.4) is 0 Å². The number of nitrogens with zero attached hydrogens (tertiary/aromatic N) is 1. The van der Waals surface area contributed by atoms with Gasteiger partial charge in [-0.15, -0.1) is 0 Å². The second-order valence-corrected chi connectivity index (χ2v) is 7.18. The third-order valence-electron chi connectivity index (χ3n) is 2.98. The standard InChI is InChI=1S/C11H10BrNO3S/c12-9-3-1-2-4-10(9)17(15,16)11(7-13)5-8(14)6-11/h1-4,8,14H,5-6H2. The van der Waals surface area contributed by atoms with Gasteiger partial charge in [-0.3, -0.25) is 0 Å². The molecule has 2 rings (SSSR count). The maximum Gasteiger partial charge on any atom is 0.198 e. The van der Waals surface area contributed by atoms with Crippen LogP contribution in [0, 0.1) is 11.3 Å². The van der Waals surface area contributed by atoms with Gasteiger partial charge in [0.15, 0.2) is 14.6 Å². The largest absolute Gasteiger partial charge is 0.393 e. The summed E-state index contributed by atoms with van der Waals surface area (Å²) >= 11 is 3.17.